The van der Waals surface area contributed by atoms with Crippen molar-refractivity contribution in [3.8, 4) is 0 Å². The second kappa shape index (κ2) is 6.33. The van der Waals surface area contributed by atoms with E-state index < -0.39 is 0 Å². The number of aromatic nitrogens is 1. The van der Waals surface area contributed by atoms with E-state index in [1.807, 2.05) is 19.1 Å². The molecule has 0 radical (unpaired) electrons. The first-order valence-electron chi connectivity index (χ1n) is 7.11. The number of hydrogen-bond donors (Lipinski definition) is 1. The molecule has 1 aliphatic rings. The van der Waals surface area contributed by atoms with Crippen molar-refractivity contribution in [1.82, 2.24) is 9.88 Å². The van der Waals surface area contributed by atoms with Crippen LogP contribution in [-0.4, -0.2) is 59.1 Å². The first kappa shape index (κ1) is 14.9. The Morgan fingerprint density at radius 1 is 1.50 bits per heavy atom. The Morgan fingerprint density at radius 2 is 2.25 bits per heavy atom. The number of hydrogen-bond acceptors (Lipinski definition) is 5. The number of nitrogens with zero attached hydrogens (tertiary/aromatic N) is 3. The molecule has 0 amide bonds. The number of aliphatic hydroxyl groups excluding tert-OH is 1. The molecule has 1 fully saturated rings. The maximum absolute atomic E-state index is 11.3. The van der Waals surface area contributed by atoms with E-state index in [9.17, 15) is 9.90 Å². The van der Waals surface area contributed by atoms with Gasteiger partial charge >= 0.3 is 0 Å². The smallest absolute Gasteiger partial charge is 0.161 e. The fraction of sp³-hybridized carbons (Fsp3) is 0.600. The van der Waals surface area contributed by atoms with Crippen molar-refractivity contribution in [2.24, 2.45) is 0 Å². The van der Waals surface area contributed by atoms with E-state index in [1.165, 1.54) is 0 Å². The highest BCUT2D eigenvalue weighted by molar-refractivity contribution is 5.93. The summed E-state index contributed by atoms with van der Waals surface area (Å²) in [5.74, 6) is 0.957. The van der Waals surface area contributed by atoms with Crippen molar-refractivity contribution in [3.05, 3.63) is 23.9 Å². The van der Waals surface area contributed by atoms with Crippen LogP contribution in [0.3, 0.4) is 0 Å². The van der Waals surface area contributed by atoms with E-state index in [1.54, 1.807) is 13.1 Å². The van der Waals surface area contributed by atoms with Crippen LogP contribution in [0.4, 0.5) is 5.82 Å². The molecular weight excluding hydrogens is 254 g/mol. The molecule has 1 aromatic rings. The maximum atomic E-state index is 11.3. The third kappa shape index (κ3) is 3.55. The van der Waals surface area contributed by atoms with E-state index in [2.05, 4.69) is 21.7 Å². The Hall–Kier alpha value is -1.46. The minimum atomic E-state index is -0.290. The summed E-state index contributed by atoms with van der Waals surface area (Å²) in [6.45, 7) is 8.98. The molecule has 0 saturated carbocycles. The van der Waals surface area contributed by atoms with Gasteiger partial charge in [0.1, 0.15) is 5.82 Å². The lowest BCUT2D eigenvalue weighted by atomic mass is 10.1. The molecule has 2 heterocycles. The monoisotopic (exact) mass is 277 g/mol. The second-order valence-electron chi connectivity index (χ2n) is 5.61. The molecule has 0 bridgehead atoms. The van der Waals surface area contributed by atoms with Gasteiger partial charge in [-0.15, -0.1) is 0 Å². The lowest BCUT2D eigenvalue weighted by Gasteiger charge is -2.41. The first-order valence-corrected chi connectivity index (χ1v) is 7.11. The molecule has 0 aromatic carbocycles. The third-order valence-electron chi connectivity index (χ3n) is 3.68. The summed E-state index contributed by atoms with van der Waals surface area (Å²) in [6.07, 6.45) is 1.36. The highest BCUT2D eigenvalue weighted by Crippen LogP contribution is 2.18. The zero-order valence-electron chi connectivity index (χ0n) is 12.4. The topological polar surface area (TPSA) is 56.7 Å². The van der Waals surface area contributed by atoms with E-state index in [0.717, 1.165) is 32.0 Å². The standard InChI is InChI=1S/C15H23N3O2/c1-11-9-17(10-12(2)19)6-7-18(11)15-5-4-14(8-16-15)13(3)20/h4-5,8,11-12,19H,6-7,9-10H2,1-3H3/t11-,12+/m0/s1. The number of ketones is 1. The van der Waals surface area contributed by atoms with Crippen LogP contribution >= 0.6 is 0 Å². The Bertz CT molecular complexity index is 459. The molecule has 0 unspecified atom stereocenters. The van der Waals surface area contributed by atoms with Gasteiger partial charge in [-0.1, -0.05) is 0 Å². The Labute approximate surface area is 120 Å². The summed E-state index contributed by atoms with van der Waals surface area (Å²) < 4.78 is 0. The largest absolute Gasteiger partial charge is 0.392 e. The molecular formula is C15H23N3O2. The van der Waals surface area contributed by atoms with Crippen LogP contribution in [0.5, 0.6) is 0 Å². The quantitative estimate of drug-likeness (QED) is 0.837. The predicted molar refractivity (Wildman–Crippen MR) is 79.2 cm³/mol. The van der Waals surface area contributed by atoms with Gasteiger partial charge in [0, 0.05) is 44.0 Å². The van der Waals surface area contributed by atoms with Crippen molar-refractivity contribution in [2.45, 2.75) is 32.9 Å². The van der Waals surface area contributed by atoms with Gasteiger partial charge in [0.05, 0.1) is 6.10 Å². The van der Waals surface area contributed by atoms with Gasteiger partial charge in [0.2, 0.25) is 0 Å². The number of anilines is 1. The van der Waals surface area contributed by atoms with Gasteiger partial charge in [-0.05, 0) is 32.9 Å². The molecule has 20 heavy (non-hydrogen) atoms. The van der Waals surface area contributed by atoms with Gasteiger partial charge in [0.25, 0.3) is 0 Å². The van der Waals surface area contributed by atoms with Gasteiger partial charge < -0.3 is 10.0 Å². The predicted octanol–water partition coefficient (Wildman–Crippen LogP) is 1.18. The van der Waals surface area contributed by atoms with E-state index >= 15 is 0 Å². The minimum absolute atomic E-state index is 0.0406. The number of carbonyl (C=O) groups is 1. The molecule has 1 saturated heterocycles. The normalized spacial score (nSPS) is 21.8. The summed E-state index contributed by atoms with van der Waals surface area (Å²) >= 11 is 0. The van der Waals surface area contributed by atoms with E-state index in [-0.39, 0.29) is 11.9 Å². The lowest BCUT2D eigenvalue weighted by molar-refractivity contribution is 0.101. The summed E-state index contributed by atoms with van der Waals surface area (Å²) in [5.41, 5.74) is 0.647. The summed E-state index contributed by atoms with van der Waals surface area (Å²) in [4.78, 5) is 20.2. The molecule has 110 valence electrons. The number of carbonyl (C=O) groups excluding carboxylic acids is 1. The SMILES string of the molecule is CC(=O)c1ccc(N2CCN(C[C@@H](C)O)C[C@@H]2C)nc1. The van der Waals surface area contributed by atoms with Crippen LogP contribution in [0.25, 0.3) is 0 Å². The number of rotatable bonds is 4. The van der Waals surface area contributed by atoms with Crippen LogP contribution in [0.2, 0.25) is 0 Å². The number of piperazine rings is 1. The van der Waals surface area contributed by atoms with Crippen LogP contribution in [0, 0.1) is 0 Å². The fourth-order valence-electron chi connectivity index (χ4n) is 2.68. The Morgan fingerprint density at radius 3 is 2.75 bits per heavy atom. The van der Waals surface area contributed by atoms with Crippen LogP contribution in [-0.2, 0) is 0 Å². The number of β-amino-alcohol motifs (C(OH)–C–C–N with tert-alkyl or cyclic N) is 1. The second-order valence-corrected chi connectivity index (χ2v) is 5.61. The van der Waals surface area contributed by atoms with Crippen LogP contribution in [0.1, 0.15) is 31.1 Å². The maximum Gasteiger partial charge on any atom is 0.161 e. The van der Waals surface area contributed by atoms with Crippen LogP contribution < -0.4 is 4.90 Å². The highest BCUT2D eigenvalue weighted by atomic mass is 16.3. The van der Waals surface area contributed by atoms with Crippen molar-refractivity contribution in [1.29, 1.82) is 0 Å². The molecule has 5 nitrogen and oxygen atoms in total. The number of aliphatic hydroxyl groups is 1. The van der Waals surface area contributed by atoms with Crippen molar-refractivity contribution >= 4 is 11.6 Å². The fourth-order valence-corrected chi connectivity index (χ4v) is 2.68. The Balaban J connectivity index is 2.01. The Kier molecular flexibility index (Phi) is 4.73. The zero-order valence-corrected chi connectivity index (χ0v) is 12.4. The zero-order chi connectivity index (χ0) is 14.7. The van der Waals surface area contributed by atoms with E-state index in [0.29, 0.717) is 11.6 Å². The van der Waals surface area contributed by atoms with Gasteiger partial charge in [0.15, 0.2) is 5.78 Å². The summed E-state index contributed by atoms with van der Waals surface area (Å²) in [7, 11) is 0. The van der Waals surface area contributed by atoms with Gasteiger partial charge in [-0.3, -0.25) is 9.69 Å². The summed E-state index contributed by atoms with van der Waals surface area (Å²) in [5, 5.41) is 9.46. The molecule has 1 N–H and O–H groups in total. The molecule has 0 spiro atoms. The molecule has 2 atom stereocenters. The van der Waals surface area contributed by atoms with Crippen LogP contribution in [0.15, 0.2) is 18.3 Å². The molecule has 1 aromatic heterocycles. The van der Waals surface area contributed by atoms with Gasteiger partial charge in [-0.2, -0.15) is 0 Å². The molecule has 5 heteroatoms. The number of pyridine rings is 1. The molecule has 1 aliphatic heterocycles. The average Bonchev–Trinajstić information content (AvgIpc) is 2.38. The van der Waals surface area contributed by atoms with Crippen molar-refractivity contribution in [3.63, 3.8) is 0 Å². The van der Waals surface area contributed by atoms with E-state index in [4.69, 9.17) is 0 Å². The van der Waals surface area contributed by atoms with Gasteiger partial charge in [-0.25, -0.2) is 4.98 Å². The van der Waals surface area contributed by atoms with Crippen molar-refractivity contribution < 1.29 is 9.90 Å². The third-order valence-corrected chi connectivity index (χ3v) is 3.68. The minimum Gasteiger partial charge on any atom is -0.392 e. The average molecular weight is 277 g/mol. The summed E-state index contributed by atoms with van der Waals surface area (Å²) in [6, 6.07) is 4.09. The van der Waals surface area contributed by atoms with Crippen molar-refractivity contribution in [2.75, 3.05) is 31.1 Å². The molecule has 2 rings (SSSR count). The number of Topliss-reactive ketones (excluding diaryl/α,β-unsaturated/α-hetero) is 1. The molecule has 0 aliphatic carbocycles. The highest BCUT2D eigenvalue weighted by Gasteiger charge is 2.25. The first-order chi connectivity index (χ1) is 9.47. The lowest BCUT2D eigenvalue weighted by Crippen LogP contribution is -2.53.